The Morgan fingerprint density at radius 3 is 2.42 bits per heavy atom. The lowest BCUT2D eigenvalue weighted by Crippen LogP contribution is -2.14. The smallest absolute Gasteiger partial charge is 0.124 e. The monoisotopic (exact) mass is 323 g/mol. The molecule has 2 aromatic carbocycles. The number of methoxy groups -OCH3 is 1. The number of halogens is 2. The molecular formula is C15H15BrFNO. The molecule has 0 heterocycles. The Morgan fingerprint density at radius 1 is 1.16 bits per heavy atom. The second kappa shape index (κ2) is 5.72. The summed E-state index contributed by atoms with van der Waals surface area (Å²) in [5.41, 5.74) is 9.16. The van der Waals surface area contributed by atoms with Crippen molar-refractivity contribution < 1.29 is 9.13 Å². The van der Waals surface area contributed by atoms with Gasteiger partial charge in [0.05, 0.1) is 13.2 Å². The van der Waals surface area contributed by atoms with E-state index >= 15 is 0 Å². The van der Waals surface area contributed by atoms with Gasteiger partial charge in [-0.3, -0.25) is 0 Å². The molecule has 0 aliphatic rings. The van der Waals surface area contributed by atoms with Crippen molar-refractivity contribution in [3.8, 4) is 5.75 Å². The van der Waals surface area contributed by atoms with Crippen LogP contribution in [0.1, 0.15) is 22.7 Å². The molecular weight excluding hydrogens is 309 g/mol. The van der Waals surface area contributed by atoms with Crippen LogP contribution in [-0.2, 0) is 0 Å². The molecule has 0 aliphatic carbocycles. The normalized spacial score (nSPS) is 12.3. The quantitative estimate of drug-likeness (QED) is 0.928. The largest absolute Gasteiger partial charge is 0.497 e. The summed E-state index contributed by atoms with van der Waals surface area (Å²) in [6, 6.07) is 9.99. The fourth-order valence-corrected chi connectivity index (χ4v) is 2.64. The van der Waals surface area contributed by atoms with Gasteiger partial charge < -0.3 is 10.5 Å². The molecule has 0 spiro atoms. The van der Waals surface area contributed by atoms with Crippen LogP contribution in [0.2, 0.25) is 0 Å². The van der Waals surface area contributed by atoms with E-state index in [0.29, 0.717) is 4.47 Å². The van der Waals surface area contributed by atoms with Crippen LogP contribution in [-0.4, -0.2) is 7.11 Å². The Hall–Kier alpha value is -1.39. The molecule has 4 heteroatoms. The lowest BCUT2D eigenvalue weighted by Gasteiger charge is -2.17. The molecule has 2 nitrogen and oxygen atoms in total. The van der Waals surface area contributed by atoms with E-state index in [4.69, 9.17) is 10.5 Å². The Kier molecular flexibility index (Phi) is 4.22. The zero-order valence-corrected chi connectivity index (χ0v) is 12.4. The van der Waals surface area contributed by atoms with Gasteiger partial charge in [-0.1, -0.05) is 28.1 Å². The minimum atomic E-state index is -0.305. The summed E-state index contributed by atoms with van der Waals surface area (Å²) in [7, 11) is 1.63. The van der Waals surface area contributed by atoms with Gasteiger partial charge in [0.15, 0.2) is 0 Å². The highest BCUT2D eigenvalue weighted by atomic mass is 79.9. The van der Waals surface area contributed by atoms with Gasteiger partial charge in [0.1, 0.15) is 11.6 Å². The van der Waals surface area contributed by atoms with Crippen molar-refractivity contribution in [2.45, 2.75) is 13.0 Å². The maximum Gasteiger partial charge on any atom is 0.124 e. The van der Waals surface area contributed by atoms with Crippen molar-refractivity contribution in [1.29, 1.82) is 0 Å². The number of ether oxygens (including phenoxy) is 1. The van der Waals surface area contributed by atoms with Crippen LogP contribution >= 0.6 is 15.9 Å². The first-order valence-electron chi connectivity index (χ1n) is 5.88. The van der Waals surface area contributed by atoms with Gasteiger partial charge in [0, 0.05) is 4.47 Å². The maximum absolute atomic E-state index is 13.1. The molecule has 2 aromatic rings. The molecule has 0 saturated carbocycles. The zero-order valence-electron chi connectivity index (χ0n) is 10.8. The van der Waals surface area contributed by atoms with Crippen LogP contribution in [0.4, 0.5) is 4.39 Å². The fraction of sp³-hybridized carbons (Fsp3) is 0.200. The molecule has 0 radical (unpaired) electrons. The number of aryl methyl sites for hydroxylation is 1. The van der Waals surface area contributed by atoms with Gasteiger partial charge in [0.2, 0.25) is 0 Å². The van der Waals surface area contributed by atoms with Gasteiger partial charge in [0.25, 0.3) is 0 Å². The minimum absolute atomic E-state index is 0.283. The second-order valence-electron chi connectivity index (χ2n) is 4.37. The van der Waals surface area contributed by atoms with Crippen LogP contribution in [0, 0.1) is 12.7 Å². The number of rotatable bonds is 3. The third-order valence-electron chi connectivity index (χ3n) is 3.11. The van der Waals surface area contributed by atoms with E-state index in [1.807, 2.05) is 25.1 Å². The van der Waals surface area contributed by atoms with Gasteiger partial charge in [-0.2, -0.15) is 0 Å². The van der Waals surface area contributed by atoms with Gasteiger partial charge >= 0.3 is 0 Å². The molecule has 1 atom stereocenters. The lowest BCUT2D eigenvalue weighted by atomic mass is 9.95. The number of hydrogen-bond donors (Lipinski definition) is 1. The van der Waals surface area contributed by atoms with E-state index in [-0.39, 0.29) is 11.9 Å². The van der Waals surface area contributed by atoms with Gasteiger partial charge in [-0.25, -0.2) is 4.39 Å². The van der Waals surface area contributed by atoms with E-state index in [9.17, 15) is 4.39 Å². The van der Waals surface area contributed by atoms with Crippen molar-refractivity contribution in [3.63, 3.8) is 0 Å². The van der Waals surface area contributed by atoms with Gasteiger partial charge in [-0.05, 0) is 47.9 Å². The van der Waals surface area contributed by atoms with Crippen molar-refractivity contribution in [3.05, 3.63) is 63.4 Å². The Bertz CT molecular complexity index is 601. The third-order valence-corrected chi connectivity index (χ3v) is 3.80. The summed E-state index contributed by atoms with van der Waals surface area (Å²) in [6.45, 7) is 1.98. The topological polar surface area (TPSA) is 35.2 Å². The average Bonchev–Trinajstić information content (AvgIpc) is 2.37. The van der Waals surface area contributed by atoms with E-state index in [0.717, 1.165) is 22.4 Å². The van der Waals surface area contributed by atoms with Gasteiger partial charge in [-0.15, -0.1) is 0 Å². The minimum Gasteiger partial charge on any atom is -0.497 e. The zero-order chi connectivity index (χ0) is 14.0. The summed E-state index contributed by atoms with van der Waals surface area (Å²) in [5.74, 6) is 0.515. The summed E-state index contributed by atoms with van der Waals surface area (Å²) in [6.07, 6.45) is 0. The highest BCUT2D eigenvalue weighted by Crippen LogP contribution is 2.30. The molecule has 0 amide bonds. The highest BCUT2D eigenvalue weighted by Gasteiger charge is 2.15. The van der Waals surface area contributed by atoms with Crippen LogP contribution in [0.5, 0.6) is 5.75 Å². The first-order valence-corrected chi connectivity index (χ1v) is 6.67. The van der Waals surface area contributed by atoms with Crippen LogP contribution < -0.4 is 10.5 Å². The first kappa shape index (κ1) is 14.0. The number of benzene rings is 2. The fourth-order valence-electron chi connectivity index (χ4n) is 2.05. The van der Waals surface area contributed by atoms with Crippen molar-refractivity contribution >= 4 is 15.9 Å². The Morgan fingerprint density at radius 2 is 1.84 bits per heavy atom. The Balaban J connectivity index is 2.41. The molecule has 0 bridgehead atoms. The average molecular weight is 324 g/mol. The SMILES string of the molecule is COc1ccc(C(N)c2ccc(F)cc2Br)c(C)c1. The highest BCUT2D eigenvalue weighted by molar-refractivity contribution is 9.10. The van der Waals surface area contributed by atoms with E-state index < -0.39 is 0 Å². The van der Waals surface area contributed by atoms with Crippen LogP contribution in [0.15, 0.2) is 40.9 Å². The Labute approximate surface area is 120 Å². The molecule has 2 rings (SSSR count). The molecule has 2 N–H and O–H groups in total. The van der Waals surface area contributed by atoms with E-state index in [1.54, 1.807) is 13.2 Å². The van der Waals surface area contributed by atoms with Crippen molar-refractivity contribution in [2.75, 3.05) is 7.11 Å². The third kappa shape index (κ3) is 2.96. The molecule has 1 unspecified atom stereocenters. The standard InChI is InChI=1S/C15H15BrFNO/c1-9-7-11(19-2)4-6-12(9)15(18)13-5-3-10(17)8-14(13)16/h3-8,15H,18H2,1-2H3. The molecule has 0 fully saturated rings. The summed E-state index contributed by atoms with van der Waals surface area (Å²) >= 11 is 3.35. The molecule has 0 aromatic heterocycles. The number of hydrogen-bond acceptors (Lipinski definition) is 2. The molecule has 0 saturated heterocycles. The summed E-state index contributed by atoms with van der Waals surface area (Å²) in [4.78, 5) is 0. The first-order chi connectivity index (χ1) is 9.02. The predicted octanol–water partition coefficient (Wildman–Crippen LogP) is 3.95. The predicted molar refractivity (Wildman–Crippen MR) is 77.9 cm³/mol. The molecule has 19 heavy (non-hydrogen) atoms. The van der Waals surface area contributed by atoms with Crippen LogP contribution in [0.3, 0.4) is 0 Å². The van der Waals surface area contributed by atoms with Crippen LogP contribution in [0.25, 0.3) is 0 Å². The second-order valence-corrected chi connectivity index (χ2v) is 5.22. The van der Waals surface area contributed by atoms with Crippen molar-refractivity contribution in [2.24, 2.45) is 5.73 Å². The van der Waals surface area contributed by atoms with E-state index in [1.165, 1.54) is 12.1 Å². The summed E-state index contributed by atoms with van der Waals surface area (Å²) < 4.78 is 19.0. The number of nitrogens with two attached hydrogens (primary N) is 1. The maximum atomic E-state index is 13.1. The molecule has 100 valence electrons. The molecule has 0 aliphatic heterocycles. The van der Waals surface area contributed by atoms with Crippen molar-refractivity contribution in [1.82, 2.24) is 0 Å². The van der Waals surface area contributed by atoms with E-state index in [2.05, 4.69) is 15.9 Å². The lowest BCUT2D eigenvalue weighted by molar-refractivity contribution is 0.414. The summed E-state index contributed by atoms with van der Waals surface area (Å²) in [5, 5.41) is 0.